The summed E-state index contributed by atoms with van der Waals surface area (Å²) < 4.78 is 0. The van der Waals surface area contributed by atoms with Gasteiger partial charge in [-0.15, -0.1) is 0 Å². The van der Waals surface area contributed by atoms with Crippen molar-refractivity contribution < 1.29 is 29.1 Å². The topological polar surface area (TPSA) is 171 Å². The lowest BCUT2D eigenvalue weighted by Crippen LogP contribution is -2.61. The number of aliphatic hydroxyl groups excluding tert-OH is 1. The number of hydrogen-bond acceptors (Lipinski definition) is 8. The zero-order valence-electron chi connectivity index (χ0n) is 29.7. The SMILES string of the molecule is CCC[C@H](NC(=O)[C@@H]1[C@H]2CCCC2CN1C(=O)[C@@H](NC(=O)[C@@H](CC(=O)c1cnccn1)C1CCCCC1)C(C)(C)C)[C@@H](O)C(=O)NC1CC1. The predicted octanol–water partition coefficient (Wildman–Crippen LogP) is 3.33. The van der Waals surface area contributed by atoms with E-state index >= 15 is 0 Å². The van der Waals surface area contributed by atoms with Gasteiger partial charge in [0, 0.05) is 37.3 Å². The summed E-state index contributed by atoms with van der Waals surface area (Å²) in [4.78, 5) is 78.8. The van der Waals surface area contributed by atoms with Gasteiger partial charge >= 0.3 is 0 Å². The van der Waals surface area contributed by atoms with Crippen LogP contribution in [0, 0.1) is 29.1 Å². The quantitative estimate of drug-likeness (QED) is 0.217. The number of carbonyl (C=O) groups is 5. The van der Waals surface area contributed by atoms with Crippen molar-refractivity contribution in [3.63, 3.8) is 0 Å². The molecular weight excluding hydrogens is 624 g/mol. The van der Waals surface area contributed by atoms with Crippen molar-refractivity contribution in [2.75, 3.05) is 6.54 Å². The van der Waals surface area contributed by atoms with Gasteiger partial charge < -0.3 is 26.0 Å². The average Bonchev–Trinajstić information content (AvgIpc) is 3.65. The molecule has 1 saturated heterocycles. The van der Waals surface area contributed by atoms with Crippen molar-refractivity contribution in [1.29, 1.82) is 0 Å². The molecule has 1 aromatic heterocycles. The van der Waals surface area contributed by atoms with Crippen LogP contribution >= 0.6 is 0 Å². The number of aliphatic hydroxyl groups is 1. The van der Waals surface area contributed by atoms with Crippen LogP contribution in [0.2, 0.25) is 0 Å². The number of hydrogen-bond donors (Lipinski definition) is 4. The fraction of sp³-hybridized carbons (Fsp3) is 0.757. The summed E-state index contributed by atoms with van der Waals surface area (Å²) in [5.41, 5.74) is -0.479. The fourth-order valence-corrected chi connectivity index (χ4v) is 8.27. The molecule has 5 rings (SSSR count). The van der Waals surface area contributed by atoms with Gasteiger partial charge in [0.2, 0.25) is 17.7 Å². The van der Waals surface area contributed by atoms with E-state index in [2.05, 4.69) is 25.9 Å². The van der Waals surface area contributed by atoms with E-state index in [-0.39, 0.29) is 59.4 Å². The van der Waals surface area contributed by atoms with Crippen LogP contribution in [-0.2, 0) is 19.2 Å². The highest BCUT2D eigenvalue weighted by atomic mass is 16.3. The van der Waals surface area contributed by atoms with Crippen molar-refractivity contribution >= 4 is 29.4 Å². The van der Waals surface area contributed by atoms with Crippen LogP contribution < -0.4 is 16.0 Å². The van der Waals surface area contributed by atoms with Crippen molar-refractivity contribution in [3.05, 3.63) is 24.3 Å². The minimum atomic E-state index is -1.39. The first-order valence-electron chi connectivity index (χ1n) is 18.6. The van der Waals surface area contributed by atoms with Gasteiger partial charge in [0.1, 0.15) is 17.8 Å². The summed E-state index contributed by atoms with van der Waals surface area (Å²) in [6.07, 6.45) is 13.2. The Hall–Kier alpha value is -3.41. The van der Waals surface area contributed by atoms with Crippen molar-refractivity contribution in [2.45, 2.75) is 141 Å². The number of Topliss-reactive ketones (excluding diaryl/α,β-unsaturated/α-hetero) is 1. The minimum absolute atomic E-state index is 0.00815. The molecule has 49 heavy (non-hydrogen) atoms. The van der Waals surface area contributed by atoms with Gasteiger partial charge in [-0.2, -0.15) is 0 Å². The van der Waals surface area contributed by atoms with Crippen LogP contribution in [0.15, 0.2) is 18.6 Å². The Morgan fingerprint density at radius 1 is 0.939 bits per heavy atom. The summed E-state index contributed by atoms with van der Waals surface area (Å²) in [6, 6.07) is -2.41. The summed E-state index contributed by atoms with van der Waals surface area (Å²) in [5, 5.41) is 19.8. The van der Waals surface area contributed by atoms with Gasteiger partial charge in [0.25, 0.3) is 5.91 Å². The molecule has 4 fully saturated rings. The number of rotatable bonds is 14. The highest BCUT2D eigenvalue weighted by molar-refractivity contribution is 5.98. The Balaban J connectivity index is 1.35. The van der Waals surface area contributed by atoms with Gasteiger partial charge in [0.15, 0.2) is 11.9 Å². The van der Waals surface area contributed by atoms with Crippen molar-refractivity contribution in [1.82, 2.24) is 30.8 Å². The van der Waals surface area contributed by atoms with Crippen LogP contribution in [0.4, 0.5) is 0 Å². The number of likely N-dealkylation sites (tertiary alicyclic amines) is 1. The molecule has 0 radical (unpaired) electrons. The number of fused-ring (bicyclic) bond motifs is 1. The molecule has 12 nitrogen and oxygen atoms in total. The molecule has 3 aliphatic carbocycles. The van der Waals surface area contributed by atoms with E-state index in [9.17, 15) is 29.1 Å². The Labute approximate surface area is 290 Å². The molecule has 0 spiro atoms. The average molecular weight is 681 g/mol. The Morgan fingerprint density at radius 3 is 2.31 bits per heavy atom. The molecule has 270 valence electrons. The van der Waals surface area contributed by atoms with E-state index in [1.54, 1.807) is 4.90 Å². The number of nitrogens with zero attached hydrogens (tertiary/aromatic N) is 3. The first-order valence-corrected chi connectivity index (χ1v) is 18.6. The largest absolute Gasteiger partial charge is 0.381 e. The van der Waals surface area contributed by atoms with Crippen molar-refractivity contribution in [3.8, 4) is 0 Å². The second kappa shape index (κ2) is 16.1. The third-order valence-corrected chi connectivity index (χ3v) is 11.2. The standard InChI is InChI=1S/C37H56N6O6/c1-5-10-27(31(45)35(48)40-24-15-16-24)41-34(47)30-25-14-9-13-23(25)21-43(30)36(49)32(37(2,3)4)42-33(46)26(22-11-7-6-8-12-22)19-29(44)28-20-38-17-18-39-28/h17-18,20,22-27,30-32,45H,5-16,19,21H2,1-4H3,(H,40,48)(H,41,47)(H,42,46)/t23?,25-,26-,27-,30-,31+,32+/m0/s1. The highest BCUT2D eigenvalue weighted by Crippen LogP contribution is 2.43. The maximum absolute atomic E-state index is 14.6. The normalized spacial score (nSPS) is 25.1. The summed E-state index contributed by atoms with van der Waals surface area (Å²) in [7, 11) is 0. The van der Waals surface area contributed by atoms with E-state index in [1.165, 1.54) is 18.6 Å². The van der Waals surface area contributed by atoms with Gasteiger partial charge in [0.05, 0.1) is 12.2 Å². The highest BCUT2D eigenvalue weighted by Gasteiger charge is 2.52. The third kappa shape index (κ3) is 9.04. The number of carbonyl (C=O) groups excluding carboxylic acids is 5. The van der Waals surface area contributed by atoms with Crippen LogP contribution in [0.25, 0.3) is 0 Å². The minimum Gasteiger partial charge on any atom is -0.381 e. The van der Waals surface area contributed by atoms with Crippen LogP contribution in [0.3, 0.4) is 0 Å². The van der Waals surface area contributed by atoms with E-state index < -0.39 is 41.5 Å². The molecular formula is C37H56N6O6. The zero-order chi connectivity index (χ0) is 35.3. The van der Waals surface area contributed by atoms with Crippen LogP contribution in [0.5, 0.6) is 0 Å². The number of aromatic nitrogens is 2. The summed E-state index contributed by atoms with van der Waals surface area (Å²) in [5.74, 6) is -2.26. The van der Waals surface area contributed by atoms with Crippen LogP contribution in [0.1, 0.15) is 122 Å². The number of nitrogens with one attached hydrogen (secondary N) is 3. The lowest BCUT2D eigenvalue weighted by molar-refractivity contribution is -0.146. The van der Waals surface area contributed by atoms with E-state index in [1.807, 2.05) is 27.7 Å². The molecule has 4 amide bonds. The molecule has 7 atom stereocenters. The second-order valence-corrected chi connectivity index (χ2v) is 16.0. The maximum atomic E-state index is 14.6. The Kier molecular flexibility index (Phi) is 12.1. The molecule has 1 aromatic rings. The molecule has 4 N–H and O–H groups in total. The molecule has 1 unspecified atom stereocenters. The number of amides is 4. The smallest absolute Gasteiger partial charge is 0.251 e. The molecule has 12 heteroatoms. The van der Waals surface area contributed by atoms with Gasteiger partial charge in [-0.25, -0.2) is 4.98 Å². The summed E-state index contributed by atoms with van der Waals surface area (Å²) >= 11 is 0. The molecule has 4 aliphatic rings. The van der Waals surface area contributed by atoms with E-state index in [0.29, 0.717) is 19.4 Å². The molecule has 0 aromatic carbocycles. The lowest BCUT2D eigenvalue weighted by Gasteiger charge is -2.38. The molecule has 0 bridgehead atoms. The van der Waals surface area contributed by atoms with Gasteiger partial charge in [-0.3, -0.25) is 29.0 Å². The van der Waals surface area contributed by atoms with Crippen LogP contribution in [-0.4, -0.2) is 86.2 Å². The molecule has 2 heterocycles. The zero-order valence-corrected chi connectivity index (χ0v) is 29.7. The lowest BCUT2D eigenvalue weighted by atomic mass is 9.76. The molecule has 1 aliphatic heterocycles. The van der Waals surface area contributed by atoms with Gasteiger partial charge in [-0.05, 0) is 68.1 Å². The number of ketones is 1. The first-order chi connectivity index (χ1) is 23.4. The fourth-order valence-electron chi connectivity index (χ4n) is 8.27. The molecule has 3 saturated carbocycles. The van der Waals surface area contributed by atoms with E-state index in [0.717, 1.165) is 64.2 Å². The van der Waals surface area contributed by atoms with Gasteiger partial charge in [-0.1, -0.05) is 59.8 Å². The second-order valence-electron chi connectivity index (χ2n) is 16.0. The monoisotopic (exact) mass is 680 g/mol. The predicted molar refractivity (Wildman–Crippen MR) is 183 cm³/mol. The van der Waals surface area contributed by atoms with Crippen molar-refractivity contribution in [2.24, 2.45) is 29.1 Å². The Morgan fingerprint density at radius 2 is 1.67 bits per heavy atom. The maximum Gasteiger partial charge on any atom is 0.251 e. The third-order valence-electron chi connectivity index (χ3n) is 11.2. The Bertz CT molecular complexity index is 1340. The summed E-state index contributed by atoms with van der Waals surface area (Å²) in [6.45, 7) is 8.03. The first kappa shape index (κ1) is 36.9. The van der Waals surface area contributed by atoms with E-state index in [4.69, 9.17) is 0 Å².